The third-order valence-electron chi connectivity index (χ3n) is 5.00. The summed E-state index contributed by atoms with van der Waals surface area (Å²) in [5, 5.41) is 4.83. The highest BCUT2D eigenvalue weighted by atomic mass is 19.1. The zero-order valence-corrected chi connectivity index (χ0v) is 17.6. The molecule has 0 unspecified atom stereocenters. The first-order valence-corrected chi connectivity index (χ1v) is 10.1. The number of benzene rings is 2. The molecule has 0 aliphatic heterocycles. The van der Waals surface area contributed by atoms with Gasteiger partial charge in [0, 0.05) is 35.8 Å². The summed E-state index contributed by atoms with van der Waals surface area (Å²) < 4.78 is 13.2. The number of rotatable bonds is 9. The lowest BCUT2D eigenvalue weighted by Crippen LogP contribution is -2.88. The SMILES string of the molecule is CCN(CC)C(=O)c1ccc(NC(=O)C[NH2+][C@@H](c2ccc(F)cc2)C(C)C)cc1. The van der Waals surface area contributed by atoms with E-state index in [1.54, 1.807) is 41.3 Å². The van der Waals surface area contributed by atoms with Gasteiger partial charge in [-0.1, -0.05) is 26.0 Å². The maximum atomic E-state index is 13.2. The molecule has 0 saturated heterocycles. The van der Waals surface area contributed by atoms with Gasteiger partial charge in [0.15, 0.2) is 6.54 Å². The maximum absolute atomic E-state index is 13.2. The third-order valence-corrected chi connectivity index (χ3v) is 5.00. The molecule has 0 aliphatic carbocycles. The largest absolute Gasteiger partial charge is 0.339 e. The molecule has 0 aliphatic rings. The number of carbonyl (C=O) groups excluding carboxylic acids is 2. The van der Waals surface area contributed by atoms with Crippen LogP contribution in [0.5, 0.6) is 0 Å². The number of hydrogen-bond donors (Lipinski definition) is 2. The van der Waals surface area contributed by atoms with E-state index >= 15 is 0 Å². The second kappa shape index (κ2) is 10.7. The molecule has 2 amide bonds. The van der Waals surface area contributed by atoms with Crippen LogP contribution < -0.4 is 10.6 Å². The van der Waals surface area contributed by atoms with Crippen molar-refractivity contribution in [2.24, 2.45) is 5.92 Å². The highest BCUT2D eigenvalue weighted by Gasteiger charge is 2.20. The summed E-state index contributed by atoms with van der Waals surface area (Å²) in [6, 6.07) is 13.4. The van der Waals surface area contributed by atoms with E-state index in [2.05, 4.69) is 19.2 Å². The van der Waals surface area contributed by atoms with Gasteiger partial charge in [-0.05, 0) is 50.2 Å². The van der Waals surface area contributed by atoms with Gasteiger partial charge in [0.25, 0.3) is 11.8 Å². The first-order valence-electron chi connectivity index (χ1n) is 10.1. The second-order valence-corrected chi connectivity index (χ2v) is 7.36. The van der Waals surface area contributed by atoms with Gasteiger partial charge >= 0.3 is 0 Å². The van der Waals surface area contributed by atoms with E-state index in [0.29, 0.717) is 30.3 Å². The highest BCUT2D eigenvalue weighted by molar-refractivity contribution is 5.96. The molecule has 5 nitrogen and oxygen atoms in total. The summed E-state index contributed by atoms with van der Waals surface area (Å²) >= 11 is 0. The highest BCUT2D eigenvalue weighted by Crippen LogP contribution is 2.18. The van der Waals surface area contributed by atoms with Gasteiger partial charge in [-0.3, -0.25) is 9.59 Å². The minimum absolute atomic E-state index is 0.0136. The van der Waals surface area contributed by atoms with Crippen LogP contribution in [0.4, 0.5) is 10.1 Å². The van der Waals surface area contributed by atoms with E-state index in [1.165, 1.54) is 12.1 Å². The summed E-state index contributed by atoms with van der Waals surface area (Å²) in [7, 11) is 0. The van der Waals surface area contributed by atoms with Crippen LogP contribution in [0, 0.1) is 11.7 Å². The molecule has 3 N–H and O–H groups in total. The van der Waals surface area contributed by atoms with Crippen LogP contribution in [0.25, 0.3) is 0 Å². The lowest BCUT2D eigenvalue weighted by molar-refractivity contribution is -0.692. The van der Waals surface area contributed by atoms with Gasteiger partial charge in [0.2, 0.25) is 0 Å². The van der Waals surface area contributed by atoms with Crippen molar-refractivity contribution < 1.29 is 19.3 Å². The molecule has 2 aromatic carbocycles. The van der Waals surface area contributed by atoms with Crippen LogP contribution in [0.3, 0.4) is 0 Å². The molecule has 0 aromatic heterocycles. The summed E-state index contributed by atoms with van der Waals surface area (Å²) in [6.07, 6.45) is 0. The Morgan fingerprint density at radius 1 is 1.00 bits per heavy atom. The average Bonchev–Trinajstić information content (AvgIpc) is 2.70. The van der Waals surface area contributed by atoms with Gasteiger partial charge in [0.1, 0.15) is 11.9 Å². The van der Waals surface area contributed by atoms with Crippen LogP contribution >= 0.6 is 0 Å². The first-order chi connectivity index (χ1) is 13.8. The van der Waals surface area contributed by atoms with Crippen LogP contribution in [0.2, 0.25) is 0 Å². The monoisotopic (exact) mass is 400 g/mol. The summed E-state index contributed by atoms with van der Waals surface area (Å²) in [6.45, 7) is 9.62. The molecule has 0 fully saturated rings. The fourth-order valence-electron chi connectivity index (χ4n) is 3.31. The number of amides is 2. The summed E-state index contributed by atoms with van der Waals surface area (Å²) in [5.74, 6) is -0.114. The predicted octanol–water partition coefficient (Wildman–Crippen LogP) is 3.21. The first kappa shape index (κ1) is 22.6. The Labute approximate surface area is 172 Å². The molecule has 0 spiro atoms. The zero-order valence-electron chi connectivity index (χ0n) is 17.6. The predicted molar refractivity (Wildman–Crippen MR) is 113 cm³/mol. The minimum atomic E-state index is -0.267. The molecule has 1 atom stereocenters. The molecule has 0 saturated carbocycles. The molecular formula is C23H31FN3O2+. The van der Waals surface area contributed by atoms with E-state index in [0.717, 1.165) is 5.56 Å². The molecule has 6 heteroatoms. The van der Waals surface area contributed by atoms with E-state index in [9.17, 15) is 14.0 Å². The van der Waals surface area contributed by atoms with E-state index in [-0.39, 0.29) is 30.2 Å². The quantitative estimate of drug-likeness (QED) is 0.679. The van der Waals surface area contributed by atoms with Crippen molar-refractivity contribution in [1.82, 2.24) is 4.90 Å². The topological polar surface area (TPSA) is 66.0 Å². The lowest BCUT2D eigenvalue weighted by Gasteiger charge is -2.20. The van der Waals surface area contributed by atoms with Gasteiger partial charge in [-0.2, -0.15) is 0 Å². The fraction of sp³-hybridized carbons (Fsp3) is 0.391. The number of quaternary nitrogens is 1. The maximum Gasteiger partial charge on any atom is 0.279 e. The molecule has 29 heavy (non-hydrogen) atoms. The number of nitrogens with two attached hydrogens (primary N) is 1. The van der Waals surface area contributed by atoms with Crippen LogP contribution in [0.1, 0.15) is 49.7 Å². The van der Waals surface area contributed by atoms with Crippen molar-refractivity contribution >= 4 is 17.5 Å². The van der Waals surface area contributed by atoms with E-state index < -0.39 is 0 Å². The van der Waals surface area contributed by atoms with Crippen molar-refractivity contribution in [3.8, 4) is 0 Å². The van der Waals surface area contributed by atoms with Crippen LogP contribution in [-0.2, 0) is 4.79 Å². The molecule has 0 radical (unpaired) electrons. The van der Waals surface area contributed by atoms with Crippen molar-refractivity contribution in [3.05, 3.63) is 65.5 Å². The Morgan fingerprint density at radius 2 is 1.59 bits per heavy atom. The Balaban J connectivity index is 1.94. The number of anilines is 1. The Bertz CT molecular complexity index is 800. The Morgan fingerprint density at radius 3 is 2.10 bits per heavy atom. The van der Waals surface area contributed by atoms with Crippen LogP contribution in [-0.4, -0.2) is 36.3 Å². The van der Waals surface area contributed by atoms with E-state index in [1.807, 2.05) is 19.2 Å². The minimum Gasteiger partial charge on any atom is -0.339 e. The zero-order chi connectivity index (χ0) is 21.4. The van der Waals surface area contributed by atoms with Crippen molar-refractivity contribution in [2.75, 3.05) is 25.0 Å². The van der Waals surface area contributed by atoms with Gasteiger partial charge in [0.05, 0.1) is 0 Å². The second-order valence-electron chi connectivity index (χ2n) is 7.36. The normalized spacial score (nSPS) is 11.9. The molecule has 156 valence electrons. The van der Waals surface area contributed by atoms with Gasteiger partial charge in [-0.25, -0.2) is 4.39 Å². The van der Waals surface area contributed by atoms with Crippen molar-refractivity contribution in [3.63, 3.8) is 0 Å². The van der Waals surface area contributed by atoms with Crippen molar-refractivity contribution in [2.45, 2.75) is 33.7 Å². The molecular weight excluding hydrogens is 369 g/mol. The number of halogens is 1. The number of carbonyl (C=O) groups is 2. The fourth-order valence-corrected chi connectivity index (χ4v) is 3.31. The van der Waals surface area contributed by atoms with Gasteiger partial charge < -0.3 is 15.5 Å². The average molecular weight is 401 g/mol. The standard InChI is InChI=1S/C23H30FN3O2/c1-5-27(6-2)23(29)18-9-13-20(14-10-18)26-21(28)15-25-22(16(3)4)17-7-11-19(24)12-8-17/h7-14,16,22,25H,5-6,15H2,1-4H3,(H,26,28)/p+1/t22-/m1/s1. The molecule has 0 heterocycles. The smallest absolute Gasteiger partial charge is 0.279 e. The van der Waals surface area contributed by atoms with Crippen LogP contribution in [0.15, 0.2) is 48.5 Å². The molecule has 0 bridgehead atoms. The third kappa shape index (κ3) is 6.39. The Kier molecular flexibility index (Phi) is 8.34. The molecule has 2 rings (SSSR count). The number of nitrogens with zero attached hydrogens (tertiary/aromatic N) is 1. The van der Waals surface area contributed by atoms with Crippen molar-refractivity contribution in [1.29, 1.82) is 0 Å². The number of nitrogens with one attached hydrogen (secondary N) is 1. The van der Waals surface area contributed by atoms with Gasteiger partial charge in [-0.15, -0.1) is 0 Å². The molecule has 2 aromatic rings. The lowest BCUT2D eigenvalue weighted by atomic mass is 9.96. The summed E-state index contributed by atoms with van der Waals surface area (Å²) in [4.78, 5) is 26.5. The Hall–Kier alpha value is -2.73. The number of hydrogen-bond acceptors (Lipinski definition) is 2. The summed E-state index contributed by atoms with van der Waals surface area (Å²) in [5.41, 5.74) is 2.25. The van der Waals surface area contributed by atoms with E-state index in [4.69, 9.17) is 0 Å².